The maximum atomic E-state index is 6.63. The van der Waals surface area contributed by atoms with Gasteiger partial charge < -0.3 is 13.9 Å². The molecule has 1 aliphatic rings. The molecule has 0 aliphatic carbocycles. The molecule has 1 rings (SSSR count). The van der Waals surface area contributed by atoms with E-state index in [1.807, 2.05) is 6.08 Å². The van der Waals surface area contributed by atoms with Gasteiger partial charge in [0.15, 0.2) is 8.32 Å². The maximum Gasteiger partial charge on any atom is 0.192 e. The van der Waals surface area contributed by atoms with Crippen molar-refractivity contribution >= 4 is 40.2 Å². The van der Waals surface area contributed by atoms with Gasteiger partial charge in [0.25, 0.3) is 0 Å². The number of hydrogen-bond donors (Lipinski definition) is 0. The van der Waals surface area contributed by atoms with Crippen LogP contribution < -0.4 is 0 Å². The molecule has 0 unspecified atom stereocenters. The molecule has 6 heteroatoms. The molecule has 0 aromatic heterocycles. The molecule has 0 radical (unpaired) electrons. The van der Waals surface area contributed by atoms with Crippen molar-refractivity contribution in [1.82, 2.24) is 0 Å². The Hall–Kier alpha value is 0.797. The predicted octanol–water partition coefficient (Wildman–Crippen LogP) is 5.06. The zero-order valence-corrected chi connectivity index (χ0v) is 18.2. The van der Waals surface area contributed by atoms with Crippen LogP contribution in [0.2, 0.25) is 18.1 Å². The largest absolute Gasteiger partial charge is 0.408 e. The van der Waals surface area contributed by atoms with Crippen molar-refractivity contribution in [3.05, 3.63) is 9.47 Å². The van der Waals surface area contributed by atoms with Crippen LogP contribution in [0.5, 0.6) is 0 Å². The van der Waals surface area contributed by atoms with Crippen molar-refractivity contribution in [3.8, 4) is 0 Å². The molecule has 1 fully saturated rings. The molecule has 1 heterocycles. The van der Waals surface area contributed by atoms with E-state index in [9.17, 15) is 0 Å². The summed E-state index contributed by atoms with van der Waals surface area (Å²) < 4.78 is 19.2. The Labute approximate surface area is 147 Å². The number of rotatable bonds is 4. The van der Waals surface area contributed by atoms with Gasteiger partial charge in [0.05, 0.1) is 16.1 Å². The van der Waals surface area contributed by atoms with Crippen LogP contribution in [0.1, 0.15) is 27.7 Å². The number of methoxy groups -OCH3 is 1. The Morgan fingerprint density at radius 2 is 1.81 bits per heavy atom. The molecule has 1 saturated heterocycles. The first-order chi connectivity index (χ1) is 9.49. The molecule has 0 bridgehead atoms. The lowest BCUT2D eigenvalue weighted by Crippen LogP contribution is -2.56. The van der Waals surface area contributed by atoms with Gasteiger partial charge in [-0.2, -0.15) is 0 Å². The molecule has 0 saturated carbocycles. The highest BCUT2D eigenvalue weighted by atomic mass is 79.9. The number of hydrogen-bond acceptors (Lipinski definition) is 3. The van der Waals surface area contributed by atoms with E-state index in [1.54, 1.807) is 7.11 Å². The van der Waals surface area contributed by atoms with Crippen LogP contribution in [-0.2, 0) is 13.9 Å². The van der Waals surface area contributed by atoms with E-state index in [1.165, 1.54) is 0 Å². The van der Waals surface area contributed by atoms with Crippen LogP contribution >= 0.6 is 31.9 Å². The summed E-state index contributed by atoms with van der Waals surface area (Å²) in [5, 5.41) is 0.159. The van der Waals surface area contributed by atoms with Crippen LogP contribution in [0.25, 0.3) is 0 Å². The summed E-state index contributed by atoms with van der Waals surface area (Å²) in [5.41, 5.74) is 0. The summed E-state index contributed by atoms with van der Waals surface area (Å²) in [4.78, 5) is 0. The summed E-state index contributed by atoms with van der Waals surface area (Å²) in [7, 11) is -0.130. The Morgan fingerprint density at radius 3 is 2.24 bits per heavy atom. The van der Waals surface area contributed by atoms with Crippen molar-refractivity contribution < 1.29 is 13.9 Å². The minimum Gasteiger partial charge on any atom is -0.408 e. The van der Waals surface area contributed by atoms with Crippen molar-refractivity contribution in [1.29, 1.82) is 0 Å². The molecule has 0 amide bonds. The Bertz CT molecular complexity index is 376. The van der Waals surface area contributed by atoms with Gasteiger partial charge in [-0.25, -0.2) is 0 Å². The lowest BCUT2D eigenvalue weighted by Gasteiger charge is -2.46. The topological polar surface area (TPSA) is 27.7 Å². The van der Waals surface area contributed by atoms with Crippen molar-refractivity contribution in [2.24, 2.45) is 5.92 Å². The van der Waals surface area contributed by atoms with Gasteiger partial charge in [-0.3, -0.25) is 0 Å². The average Bonchev–Trinajstić information content (AvgIpc) is 2.31. The molecule has 0 aromatic rings. The zero-order chi connectivity index (χ0) is 16.4. The number of halogens is 2. The molecule has 1 aliphatic heterocycles. The summed E-state index contributed by atoms with van der Waals surface area (Å²) in [6.07, 6.45) is 1.88. The Morgan fingerprint density at radius 1 is 1.24 bits per heavy atom. The summed E-state index contributed by atoms with van der Waals surface area (Å²) >= 11 is 6.85. The third kappa shape index (κ3) is 5.14. The summed E-state index contributed by atoms with van der Waals surface area (Å²) in [6, 6.07) is 0. The maximum absolute atomic E-state index is 6.63. The fourth-order valence-electron chi connectivity index (χ4n) is 2.25. The third-order valence-electron chi connectivity index (χ3n) is 4.56. The molecule has 4 atom stereocenters. The summed E-state index contributed by atoms with van der Waals surface area (Å²) in [5.74, 6) is 0.323. The fraction of sp³-hybridized carbons (Fsp3) is 0.867. The highest BCUT2D eigenvalue weighted by Crippen LogP contribution is 2.40. The SMILES string of the molecule is CO[C@@H]1[C@@H](O[Si](C)(C)C(C)(C)C)[C@H](C=C(Br)Br)OC[C@@H]1C. The first kappa shape index (κ1) is 19.8. The second-order valence-electron chi connectivity index (χ2n) is 7.27. The number of ether oxygens (including phenoxy) is 2. The molecule has 124 valence electrons. The molecular weight excluding hydrogens is 416 g/mol. The van der Waals surface area contributed by atoms with Crippen molar-refractivity contribution in [2.45, 2.75) is 64.1 Å². The zero-order valence-electron chi connectivity index (χ0n) is 14.1. The second-order valence-corrected chi connectivity index (χ2v) is 14.8. The van der Waals surface area contributed by atoms with Gasteiger partial charge in [-0.1, -0.05) is 27.7 Å². The lowest BCUT2D eigenvalue weighted by molar-refractivity contribution is -0.149. The highest BCUT2D eigenvalue weighted by molar-refractivity contribution is 9.28. The molecule has 21 heavy (non-hydrogen) atoms. The van der Waals surface area contributed by atoms with Gasteiger partial charge in [-0.05, 0) is 56.1 Å². The monoisotopic (exact) mass is 442 g/mol. The molecular formula is C15H28Br2O3Si. The Kier molecular flexibility index (Phi) is 7.16. The van der Waals surface area contributed by atoms with Gasteiger partial charge in [-0.15, -0.1) is 0 Å². The van der Waals surface area contributed by atoms with Crippen LogP contribution in [0, 0.1) is 5.92 Å². The summed E-state index contributed by atoms with van der Waals surface area (Å²) in [6.45, 7) is 14.1. The van der Waals surface area contributed by atoms with Gasteiger partial charge in [0.1, 0.15) is 12.2 Å². The van der Waals surface area contributed by atoms with E-state index in [4.69, 9.17) is 13.9 Å². The van der Waals surface area contributed by atoms with Crippen LogP contribution in [0.3, 0.4) is 0 Å². The highest BCUT2D eigenvalue weighted by Gasteiger charge is 2.46. The Balaban J connectivity index is 3.05. The van der Waals surface area contributed by atoms with Gasteiger partial charge in [0.2, 0.25) is 0 Å². The molecule has 3 nitrogen and oxygen atoms in total. The first-order valence-corrected chi connectivity index (χ1v) is 11.8. The standard InChI is InChI=1S/C15H28Br2O3Si/c1-10-9-19-11(8-12(16)17)14(13(10)18-5)20-21(6,7)15(2,3)4/h8,10-11,13-14H,9H2,1-7H3/t10-,11-,13-,14-/m0/s1. The minimum atomic E-state index is -1.89. The minimum absolute atomic E-state index is 0.0495. The second kappa shape index (κ2) is 7.58. The quantitative estimate of drug-likeness (QED) is 0.568. The normalized spacial score (nSPS) is 31.1. The van der Waals surface area contributed by atoms with Gasteiger partial charge >= 0.3 is 0 Å². The molecule has 0 aromatic carbocycles. The van der Waals surface area contributed by atoms with Crippen LogP contribution in [0.15, 0.2) is 9.47 Å². The van der Waals surface area contributed by atoms with E-state index < -0.39 is 8.32 Å². The van der Waals surface area contributed by atoms with E-state index >= 15 is 0 Å². The van der Waals surface area contributed by atoms with Crippen LogP contribution in [-0.4, -0.2) is 40.3 Å². The molecule has 0 N–H and O–H groups in total. The van der Waals surface area contributed by atoms with E-state index in [0.29, 0.717) is 12.5 Å². The molecule has 0 spiro atoms. The predicted molar refractivity (Wildman–Crippen MR) is 97.7 cm³/mol. The van der Waals surface area contributed by atoms with Gasteiger partial charge in [0, 0.05) is 13.0 Å². The fourth-order valence-corrected chi connectivity index (χ4v) is 4.07. The smallest absolute Gasteiger partial charge is 0.192 e. The first-order valence-electron chi connectivity index (χ1n) is 7.34. The third-order valence-corrected chi connectivity index (χ3v) is 9.56. The van der Waals surface area contributed by atoms with Crippen molar-refractivity contribution in [3.63, 3.8) is 0 Å². The van der Waals surface area contributed by atoms with E-state index in [-0.39, 0.29) is 23.4 Å². The van der Waals surface area contributed by atoms with Crippen molar-refractivity contribution in [2.75, 3.05) is 13.7 Å². The van der Waals surface area contributed by atoms with E-state index in [2.05, 4.69) is 72.6 Å². The van der Waals surface area contributed by atoms with E-state index in [0.717, 1.165) is 3.39 Å². The van der Waals surface area contributed by atoms with Crippen LogP contribution in [0.4, 0.5) is 0 Å². The average molecular weight is 444 g/mol. The lowest BCUT2D eigenvalue weighted by atomic mass is 9.93.